The number of carbonyl (C=O) groups excluding carboxylic acids is 2. The van der Waals surface area contributed by atoms with Crippen molar-refractivity contribution in [3.8, 4) is 11.5 Å². The van der Waals surface area contributed by atoms with Gasteiger partial charge in [0.25, 0.3) is 0 Å². The molecule has 7 nitrogen and oxygen atoms in total. The monoisotopic (exact) mass is 330 g/mol. The van der Waals surface area contributed by atoms with Crippen molar-refractivity contribution in [2.45, 2.75) is 19.9 Å². The summed E-state index contributed by atoms with van der Waals surface area (Å²) in [6, 6.07) is 4.30. The molecule has 2 aliphatic rings. The van der Waals surface area contributed by atoms with Crippen LogP contribution in [-0.2, 0) is 9.53 Å². The van der Waals surface area contributed by atoms with Gasteiger partial charge in [-0.05, 0) is 31.5 Å². The summed E-state index contributed by atoms with van der Waals surface area (Å²) in [5.41, 5.74) is 1.54. The highest BCUT2D eigenvalue weighted by Crippen LogP contribution is 2.36. The Morgan fingerprint density at radius 2 is 2.17 bits per heavy atom. The molecule has 2 aliphatic heterocycles. The molecule has 7 heteroatoms. The number of benzene rings is 1. The second-order valence-electron chi connectivity index (χ2n) is 5.35. The average Bonchev–Trinajstić information content (AvgIpc) is 3.01. The Labute approximate surface area is 139 Å². The Hall–Kier alpha value is -2.96. The number of allylic oxidation sites excluding steroid dienone is 2. The third-order valence-electron chi connectivity index (χ3n) is 3.77. The van der Waals surface area contributed by atoms with Crippen molar-refractivity contribution in [1.82, 2.24) is 10.6 Å². The van der Waals surface area contributed by atoms with Crippen LogP contribution in [0.4, 0.5) is 4.79 Å². The number of fused-ring (bicyclic) bond motifs is 1. The van der Waals surface area contributed by atoms with Crippen LogP contribution in [0.3, 0.4) is 0 Å². The number of hydrogen-bond acceptors (Lipinski definition) is 5. The summed E-state index contributed by atoms with van der Waals surface area (Å²) in [6.45, 7) is 3.85. The van der Waals surface area contributed by atoms with Gasteiger partial charge in [0.2, 0.25) is 6.79 Å². The van der Waals surface area contributed by atoms with Crippen molar-refractivity contribution in [3.63, 3.8) is 0 Å². The van der Waals surface area contributed by atoms with Crippen molar-refractivity contribution in [2.24, 2.45) is 0 Å². The topological polar surface area (TPSA) is 85.9 Å². The van der Waals surface area contributed by atoms with E-state index in [9.17, 15) is 9.59 Å². The fraction of sp³-hybridized carbons (Fsp3) is 0.294. The number of esters is 1. The lowest BCUT2D eigenvalue weighted by Crippen LogP contribution is -2.45. The molecule has 0 aromatic heterocycles. The van der Waals surface area contributed by atoms with E-state index in [1.54, 1.807) is 37.3 Å². The van der Waals surface area contributed by atoms with Gasteiger partial charge in [0.1, 0.15) is 6.61 Å². The number of carbonyl (C=O) groups is 2. The van der Waals surface area contributed by atoms with Gasteiger partial charge < -0.3 is 24.8 Å². The Morgan fingerprint density at radius 1 is 1.38 bits per heavy atom. The van der Waals surface area contributed by atoms with E-state index in [1.807, 2.05) is 6.92 Å². The predicted octanol–water partition coefficient (Wildman–Crippen LogP) is 2.16. The van der Waals surface area contributed by atoms with E-state index >= 15 is 0 Å². The van der Waals surface area contributed by atoms with Crippen LogP contribution in [0.25, 0.3) is 0 Å². The average molecular weight is 330 g/mol. The highest BCUT2D eigenvalue weighted by Gasteiger charge is 2.33. The number of ether oxygens (including phenoxy) is 3. The van der Waals surface area contributed by atoms with Crippen LogP contribution in [0.1, 0.15) is 25.5 Å². The van der Waals surface area contributed by atoms with Crippen LogP contribution in [-0.4, -0.2) is 25.4 Å². The first-order chi connectivity index (χ1) is 11.6. The smallest absolute Gasteiger partial charge is 0.338 e. The maximum atomic E-state index is 12.4. The highest BCUT2D eigenvalue weighted by molar-refractivity contribution is 5.95. The second-order valence-corrected chi connectivity index (χ2v) is 5.35. The maximum Gasteiger partial charge on any atom is 0.338 e. The minimum absolute atomic E-state index is 0.157. The van der Waals surface area contributed by atoms with Gasteiger partial charge in [-0.2, -0.15) is 0 Å². The molecule has 0 unspecified atom stereocenters. The molecule has 1 atom stereocenters. The Balaban J connectivity index is 1.92. The van der Waals surface area contributed by atoms with Gasteiger partial charge in [0.05, 0.1) is 11.6 Å². The van der Waals surface area contributed by atoms with E-state index in [0.717, 1.165) is 0 Å². The van der Waals surface area contributed by atoms with Gasteiger partial charge >= 0.3 is 12.0 Å². The Kier molecular flexibility index (Phi) is 4.41. The van der Waals surface area contributed by atoms with E-state index in [4.69, 9.17) is 14.2 Å². The lowest BCUT2D eigenvalue weighted by atomic mass is 9.95. The maximum absolute atomic E-state index is 12.4. The Bertz CT molecular complexity index is 738. The number of urea groups is 1. The van der Waals surface area contributed by atoms with E-state index in [0.29, 0.717) is 28.3 Å². The van der Waals surface area contributed by atoms with Gasteiger partial charge in [0.15, 0.2) is 11.5 Å². The molecule has 126 valence electrons. The van der Waals surface area contributed by atoms with Gasteiger partial charge in [-0.1, -0.05) is 18.2 Å². The van der Waals surface area contributed by atoms with E-state index < -0.39 is 12.0 Å². The Morgan fingerprint density at radius 3 is 2.96 bits per heavy atom. The van der Waals surface area contributed by atoms with Crippen LogP contribution in [0.2, 0.25) is 0 Å². The molecule has 2 heterocycles. The molecule has 0 spiro atoms. The summed E-state index contributed by atoms with van der Waals surface area (Å²) in [6.07, 6.45) is 3.53. The molecule has 2 amide bonds. The molecule has 0 aliphatic carbocycles. The molecule has 0 fully saturated rings. The zero-order chi connectivity index (χ0) is 17.1. The third kappa shape index (κ3) is 3.05. The lowest BCUT2D eigenvalue weighted by molar-refractivity contribution is -0.138. The van der Waals surface area contributed by atoms with Gasteiger partial charge in [-0.25, -0.2) is 9.59 Å². The summed E-state index contributed by atoms with van der Waals surface area (Å²) in [5, 5.41) is 5.36. The molecule has 2 N–H and O–H groups in total. The minimum atomic E-state index is -0.619. The molecular weight excluding hydrogens is 312 g/mol. The zero-order valence-corrected chi connectivity index (χ0v) is 13.4. The van der Waals surface area contributed by atoms with Crippen LogP contribution >= 0.6 is 0 Å². The van der Waals surface area contributed by atoms with Crippen molar-refractivity contribution in [3.05, 3.63) is 47.2 Å². The van der Waals surface area contributed by atoms with Crippen molar-refractivity contribution < 1.29 is 23.8 Å². The molecule has 24 heavy (non-hydrogen) atoms. The number of amides is 2. The molecule has 1 aromatic carbocycles. The number of nitrogens with one attached hydrogen (secondary N) is 2. The summed E-state index contributed by atoms with van der Waals surface area (Å²) in [5.74, 6) is 0.734. The standard InChI is InChI=1S/C17H18N2O5/c1-3-4-7-22-16(20)14-10(2)18-17(21)19-15(14)11-5-6-12-13(8-11)24-9-23-12/h3-6,8,15H,7,9H2,1-2H3,(H2,18,19,21)/b4-3+/t15-/m0/s1. The SMILES string of the molecule is C/C=C/COC(=O)C1=C(C)NC(=O)N[C@H]1c1ccc2c(c1)OCO2. The molecule has 0 radical (unpaired) electrons. The zero-order valence-electron chi connectivity index (χ0n) is 13.4. The summed E-state index contributed by atoms with van der Waals surface area (Å²) in [7, 11) is 0. The predicted molar refractivity (Wildman–Crippen MR) is 85.4 cm³/mol. The van der Waals surface area contributed by atoms with Crippen molar-refractivity contribution in [1.29, 1.82) is 0 Å². The molecule has 0 saturated carbocycles. The van der Waals surface area contributed by atoms with Gasteiger partial charge in [-0.3, -0.25) is 0 Å². The highest BCUT2D eigenvalue weighted by atomic mass is 16.7. The van der Waals surface area contributed by atoms with Crippen LogP contribution in [0.15, 0.2) is 41.6 Å². The number of rotatable bonds is 4. The minimum Gasteiger partial charge on any atom is -0.458 e. The van der Waals surface area contributed by atoms with Crippen LogP contribution < -0.4 is 20.1 Å². The third-order valence-corrected chi connectivity index (χ3v) is 3.77. The van der Waals surface area contributed by atoms with E-state index in [-0.39, 0.29) is 19.4 Å². The van der Waals surface area contributed by atoms with Crippen LogP contribution in [0, 0.1) is 0 Å². The first kappa shape index (κ1) is 15.9. The summed E-state index contributed by atoms with van der Waals surface area (Å²) in [4.78, 5) is 24.3. The molecule has 1 aromatic rings. The fourth-order valence-electron chi connectivity index (χ4n) is 2.60. The lowest BCUT2D eigenvalue weighted by Gasteiger charge is -2.28. The molecule has 3 rings (SSSR count). The number of hydrogen-bond donors (Lipinski definition) is 2. The van der Waals surface area contributed by atoms with Crippen LogP contribution in [0.5, 0.6) is 11.5 Å². The van der Waals surface area contributed by atoms with Gasteiger partial charge in [0, 0.05) is 5.70 Å². The normalized spacial score (nSPS) is 19.2. The van der Waals surface area contributed by atoms with E-state index in [2.05, 4.69) is 10.6 Å². The van der Waals surface area contributed by atoms with Crippen molar-refractivity contribution in [2.75, 3.05) is 13.4 Å². The van der Waals surface area contributed by atoms with Crippen molar-refractivity contribution >= 4 is 12.0 Å². The first-order valence-corrected chi connectivity index (χ1v) is 7.56. The summed E-state index contributed by atoms with van der Waals surface area (Å²) >= 11 is 0. The van der Waals surface area contributed by atoms with E-state index in [1.165, 1.54) is 0 Å². The quantitative estimate of drug-likeness (QED) is 0.653. The molecule has 0 saturated heterocycles. The fourth-order valence-corrected chi connectivity index (χ4v) is 2.60. The van der Waals surface area contributed by atoms with Gasteiger partial charge in [-0.15, -0.1) is 0 Å². The molecule has 0 bridgehead atoms. The second kappa shape index (κ2) is 6.66. The largest absolute Gasteiger partial charge is 0.458 e. The molecular formula is C17H18N2O5. The first-order valence-electron chi connectivity index (χ1n) is 7.56. The summed E-state index contributed by atoms with van der Waals surface area (Å²) < 4.78 is 15.9.